The summed E-state index contributed by atoms with van der Waals surface area (Å²) in [5.41, 5.74) is 2.70. The topological polar surface area (TPSA) is 102 Å². The predicted molar refractivity (Wildman–Crippen MR) is 136 cm³/mol. The van der Waals surface area contributed by atoms with Crippen molar-refractivity contribution in [1.82, 2.24) is 9.88 Å². The van der Waals surface area contributed by atoms with Gasteiger partial charge in [0.25, 0.3) is 5.91 Å². The van der Waals surface area contributed by atoms with Crippen LogP contribution in [0.15, 0.2) is 67.0 Å². The number of ether oxygens (including phenoxy) is 3. The molecule has 0 atom stereocenters. The van der Waals surface area contributed by atoms with Gasteiger partial charge in [-0.3, -0.25) is 19.5 Å². The SMILES string of the molecule is CCOc1cc(C(=O)Nc2ccc(NC(=O)CN3CCOCC3)cc2)ccc1OCc1ccncc1. The van der Waals surface area contributed by atoms with Crippen molar-refractivity contribution < 1.29 is 23.8 Å². The molecule has 0 saturated carbocycles. The number of morpholine rings is 1. The van der Waals surface area contributed by atoms with E-state index in [1.165, 1.54) is 0 Å². The molecule has 2 heterocycles. The van der Waals surface area contributed by atoms with Gasteiger partial charge in [0.15, 0.2) is 11.5 Å². The first-order valence-electron chi connectivity index (χ1n) is 11.9. The minimum atomic E-state index is -0.277. The number of nitrogens with zero attached hydrogens (tertiary/aromatic N) is 2. The van der Waals surface area contributed by atoms with E-state index in [-0.39, 0.29) is 11.8 Å². The van der Waals surface area contributed by atoms with Crippen LogP contribution >= 0.6 is 0 Å². The number of hydrogen-bond donors (Lipinski definition) is 2. The molecule has 0 bridgehead atoms. The zero-order chi connectivity index (χ0) is 25.2. The van der Waals surface area contributed by atoms with Crippen LogP contribution in [-0.4, -0.2) is 61.2 Å². The average molecular weight is 491 g/mol. The van der Waals surface area contributed by atoms with Gasteiger partial charge < -0.3 is 24.8 Å². The minimum Gasteiger partial charge on any atom is -0.490 e. The third-order valence-electron chi connectivity index (χ3n) is 5.55. The number of pyridine rings is 1. The third kappa shape index (κ3) is 7.27. The normalized spacial score (nSPS) is 13.6. The second-order valence-corrected chi connectivity index (χ2v) is 8.21. The lowest BCUT2D eigenvalue weighted by atomic mass is 10.1. The molecule has 1 saturated heterocycles. The molecule has 2 N–H and O–H groups in total. The highest BCUT2D eigenvalue weighted by Crippen LogP contribution is 2.29. The largest absolute Gasteiger partial charge is 0.490 e. The lowest BCUT2D eigenvalue weighted by molar-refractivity contribution is -0.118. The summed E-state index contributed by atoms with van der Waals surface area (Å²) in [5.74, 6) is 0.698. The van der Waals surface area contributed by atoms with Crippen LogP contribution in [0.3, 0.4) is 0 Å². The van der Waals surface area contributed by atoms with Crippen molar-refractivity contribution in [3.63, 3.8) is 0 Å². The summed E-state index contributed by atoms with van der Waals surface area (Å²) in [5, 5.41) is 5.76. The third-order valence-corrected chi connectivity index (χ3v) is 5.55. The molecule has 0 aliphatic carbocycles. The number of aromatic nitrogens is 1. The Morgan fingerprint density at radius 3 is 2.31 bits per heavy atom. The minimum absolute atomic E-state index is 0.0802. The highest BCUT2D eigenvalue weighted by molar-refractivity contribution is 6.04. The molecule has 1 aliphatic rings. The molecule has 2 aromatic carbocycles. The Hall–Kier alpha value is -3.95. The Bertz CT molecular complexity index is 1150. The molecule has 0 radical (unpaired) electrons. The van der Waals surface area contributed by atoms with Crippen LogP contribution in [0.4, 0.5) is 11.4 Å². The van der Waals surface area contributed by atoms with Gasteiger partial charge in [-0.1, -0.05) is 0 Å². The van der Waals surface area contributed by atoms with Crippen molar-refractivity contribution in [2.45, 2.75) is 13.5 Å². The molecular weight excluding hydrogens is 460 g/mol. The maximum atomic E-state index is 12.8. The smallest absolute Gasteiger partial charge is 0.255 e. The maximum Gasteiger partial charge on any atom is 0.255 e. The molecule has 188 valence electrons. The monoisotopic (exact) mass is 490 g/mol. The quantitative estimate of drug-likeness (QED) is 0.448. The van der Waals surface area contributed by atoms with Gasteiger partial charge in [0.1, 0.15) is 6.61 Å². The first-order valence-corrected chi connectivity index (χ1v) is 11.9. The van der Waals surface area contributed by atoms with E-state index in [1.807, 2.05) is 19.1 Å². The number of anilines is 2. The maximum absolute atomic E-state index is 12.8. The van der Waals surface area contributed by atoms with Crippen molar-refractivity contribution >= 4 is 23.2 Å². The van der Waals surface area contributed by atoms with Crippen LogP contribution in [0, 0.1) is 0 Å². The van der Waals surface area contributed by atoms with Gasteiger partial charge in [0.2, 0.25) is 5.91 Å². The highest BCUT2D eigenvalue weighted by atomic mass is 16.5. The standard InChI is InChI=1S/C27H30N4O5/c1-2-35-25-17-21(3-8-24(25)36-19-20-9-11-28-12-10-20)27(33)30-23-6-4-22(5-7-23)29-26(32)18-31-13-15-34-16-14-31/h3-12,17H,2,13-16,18-19H2,1H3,(H,29,32)(H,30,33). The fourth-order valence-electron chi connectivity index (χ4n) is 3.68. The Kier molecular flexibility index (Phi) is 8.85. The summed E-state index contributed by atoms with van der Waals surface area (Å²) >= 11 is 0. The molecule has 4 rings (SSSR count). The Morgan fingerprint density at radius 2 is 1.61 bits per heavy atom. The van der Waals surface area contributed by atoms with Crippen LogP contribution in [0.2, 0.25) is 0 Å². The zero-order valence-corrected chi connectivity index (χ0v) is 20.2. The molecule has 9 heteroatoms. The number of carbonyl (C=O) groups is 2. The van der Waals surface area contributed by atoms with Crippen molar-refractivity contribution in [3.8, 4) is 11.5 Å². The molecule has 1 fully saturated rings. The van der Waals surface area contributed by atoms with Gasteiger partial charge >= 0.3 is 0 Å². The van der Waals surface area contributed by atoms with Crippen molar-refractivity contribution in [1.29, 1.82) is 0 Å². The average Bonchev–Trinajstić information content (AvgIpc) is 2.90. The van der Waals surface area contributed by atoms with Gasteiger partial charge in [-0.2, -0.15) is 0 Å². The summed E-state index contributed by atoms with van der Waals surface area (Å²) in [6, 6.07) is 15.9. The first-order chi connectivity index (χ1) is 17.6. The van der Waals surface area contributed by atoms with E-state index in [2.05, 4.69) is 20.5 Å². The summed E-state index contributed by atoms with van der Waals surface area (Å²) in [6.45, 7) is 5.80. The summed E-state index contributed by atoms with van der Waals surface area (Å²) in [6.07, 6.45) is 3.42. The number of carbonyl (C=O) groups excluding carboxylic acids is 2. The lowest BCUT2D eigenvalue weighted by Crippen LogP contribution is -2.41. The fraction of sp³-hybridized carbons (Fsp3) is 0.296. The number of nitrogens with one attached hydrogen (secondary N) is 2. The van der Waals surface area contributed by atoms with Crippen LogP contribution in [0.25, 0.3) is 0 Å². The Labute approximate surface area is 210 Å². The van der Waals surface area contributed by atoms with Gasteiger partial charge in [-0.05, 0) is 67.1 Å². The van der Waals surface area contributed by atoms with Crippen LogP contribution < -0.4 is 20.1 Å². The summed E-state index contributed by atoms with van der Waals surface area (Å²) < 4.78 is 16.9. The molecule has 1 aromatic heterocycles. The van der Waals surface area contributed by atoms with Gasteiger partial charge in [-0.25, -0.2) is 0 Å². The van der Waals surface area contributed by atoms with E-state index >= 15 is 0 Å². The number of benzene rings is 2. The number of amides is 2. The van der Waals surface area contributed by atoms with E-state index in [1.54, 1.807) is 54.9 Å². The lowest BCUT2D eigenvalue weighted by Gasteiger charge is -2.25. The van der Waals surface area contributed by atoms with Gasteiger partial charge in [0, 0.05) is 42.4 Å². The van der Waals surface area contributed by atoms with Crippen LogP contribution in [0.5, 0.6) is 11.5 Å². The second-order valence-electron chi connectivity index (χ2n) is 8.21. The molecule has 36 heavy (non-hydrogen) atoms. The predicted octanol–water partition coefficient (Wildman–Crippen LogP) is 3.58. The zero-order valence-electron chi connectivity index (χ0n) is 20.2. The number of rotatable bonds is 10. The van der Waals surface area contributed by atoms with E-state index in [0.29, 0.717) is 61.4 Å². The molecule has 2 amide bonds. The van der Waals surface area contributed by atoms with Crippen LogP contribution in [-0.2, 0) is 16.1 Å². The van der Waals surface area contributed by atoms with Gasteiger partial charge in [0.05, 0.1) is 26.4 Å². The molecule has 1 aliphatic heterocycles. The van der Waals surface area contributed by atoms with E-state index in [0.717, 1.165) is 18.7 Å². The van der Waals surface area contributed by atoms with E-state index in [9.17, 15) is 9.59 Å². The Morgan fingerprint density at radius 1 is 0.917 bits per heavy atom. The van der Waals surface area contributed by atoms with E-state index in [4.69, 9.17) is 14.2 Å². The fourth-order valence-corrected chi connectivity index (χ4v) is 3.68. The summed E-state index contributed by atoms with van der Waals surface area (Å²) in [4.78, 5) is 31.2. The second kappa shape index (κ2) is 12.7. The Balaban J connectivity index is 1.33. The van der Waals surface area contributed by atoms with Crippen LogP contribution in [0.1, 0.15) is 22.8 Å². The highest BCUT2D eigenvalue weighted by Gasteiger charge is 2.15. The van der Waals surface area contributed by atoms with Gasteiger partial charge in [-0.15, -0.1) is 0 Å². The molecule has 0 spiro atoms. The van der Waals surface area contributed by atoms with E-state index < -0.39 is 0 Å². The number of hydrogen-bond acceptors (Lipinski definition) is 7. The van der Waals surface area contributed by atoms with Crippen molar-refractivity contribution in [2.75, 3.05) is 50.1 Å². The van der Waals surface area contributed by atoms with Crippen molar-refractivity contribution in [2.24, 2.45) is 0 Å². The molecule has 9 nitrogen and oxygen atoms in total. The molecule has 0 unspecified atom stereocenters. The molecular formula is C27H30N4O5. The molecule has 3 aromatic rings. The van der Waals surface area contributed by atoms with Crippen molar-refractivity contribution in [3.05, 3.63) is 78.1 Å². The summed E-state index contributed by atoms with van der Waals surface area (Å²) in [7, 11) is 0. The first kappa shape index (κ1) is 25.2.